The Bertz CT molecular complexity index is 463. The van der Waals surface area contributed by atoms with Crippen LogP contribution in [0, 0.1) is 0 Å². The van der Waals surface area contributed by atoms with Crippen molar-refractivity contribution >= 4 is 23.5 Å². The fourth-order valence-electron chi connectivity index (χ4n) is 1.28. The van der Waals surface area contributed by atoms with Gasteiger partial charge in [-0.25, -0.2) is 4.79 Å². The van der Waals surface area contributed by atoms with Crippen molar-refractivity contribution in [1.82, 2.24) is 5.32 Å². The maximum Gasteiger partial charge on any atom is 0.339 e. The third-order valence-corrected chi connectivity index (χ3v) is 2.39. The number of aromatic carboxylic acids is 1. The molecule has 0 saturated carbocycles. The van der Waals surface area contributed by atoms with Gasteiger partial charge in [-0.3, -0.25) is 4.79 Å². The second kappa shape index (κ2) is 7.60. The zero-order valence-electron chi connectivity index (χ0n) is 10.3. The predicted molar refractivity (Wildman–Crippen MR) is 68.8 cm³/mol. The van der Waals surface area contributed by atoms with Crippen LogP contribution in [0.5, 0.6) is 5.75 Å². The third-order valence-electron chi connectivity index (χ3n) is 2.16. The van der Waals surface area contributed by atoms with Crippen molar-refractivity contribution in [3.63, 3.8) is 0 Å². The molecule has 0 radical (unpaired) electrons. The molecule has 1 amide bonds. The smallest absolute Gasteiger partial charge is 0.339 e. The molecule has 0 aliphatic heterocycles. The lowest BCUT2D eigenvalue weighted by molar-refractivity contribution is -0.123. The van der Waals surface area contributed by atoms with E-state index in [1.165, 1.54) is 25.3 Å². The fraction of sp³-hybridized carbons (Fsp3) is 0.333. The largest absolute Gasteiger partial charge is 0.483 e. The number of ether oxygens (including phenoxy) is 2. The summed E-state index contributed by atoms with van der Waals surface area (Å²) < 4.78 is 9.92. The van der Waals surface area contributed by atoms with Gasteiger partial charge < -0.3 is 19.9 Å². The molecule has 0 unspecified atom stereocenters. The number of carbonyl (C=O) groups excluding carboxylic acids is 1. The lowest BCUT2D eigenvalue weighted by Crippen LogP contribution is -2.31. The Hall–Kier alpha value is -1.79. The van der Waals surface area contributed by atoms with Gasteiger partial charge >= 0.3 is 5.97 Å². The van der Waals surface area contributed by atoms with E-state index >= 15 is 0 Å². The number of hydrogen-bond donors (Lipinski definition) is 2. The molecular weight excluding hydrogens is 274 g/mol. The first-order chi connectivity index (χ1) is 9.04. The Balaban J connectivity index is 2.57. The number of amides is 1. The molecule has 0 spiro atoms. The van der Waals surface area contributed by atoms with E-state index < -0.39 is 5.97 Å². The molecular formula is C12H14ClNO5. The van der Waals surface area contributed by atoms with Crippen LogP contribution < -0.4 is 10.1 Å². The summed E-state index contributed by atoms with van der Waals surface area (Å²) >= 11 is 5.70. The quantitative estimate of drug-likeness (QED) is 0.736. The molecule has 104 valence electrons. The number of carbonyl (C=O) groups is 2. The van der Waals surface area contributed by atoms with Crippen LogP contribution in [0.2, 0.25) is 5.02 Å². The zero-order chi connectivity index (χ0) is 14.3. The van der Waals surface area contributed by atoms with Crippen LogP contribution >= 0.6 is 11.6 Å². The molecule has 1 rings (SSSR count). The number of rotatable bonds is 7. The van der Waals surface area contributed by atoms with E-state index in [0.717, 1.165) is 0 Å². The molecule has 0 aliphatic rings. The number of carboxylic acids is 1. The summed E-state index contributed by atoms with van der Waals surface area (Å²) in [7, 11) is 1.52. The van der Waals surface area contributed by atoms with Crippen molar-refractivity contribution in [2.45, 2.75) is 0 Å². The number of nitrogens with one attached hydrogen (secondary N) is 1. The summed E-state index contributed by atoms with van der Waals surface area (Å²) in [5, 5.41) is 11.8. The average Bonchev–Trinajstić information content (AvgIpc) is 2.37. The highest BCUT2D eigenvalue weighted by Gasteiger charge is 2.13. The average molecular weight is 288 g/mol. The first kappa shape index (κ1) is 15.3. The van der Waals surface area contributed by atoms with Crippen molar-refractivity contribution in [2.24, 2.45) is 0 Å². The molecule has 0 atom stereocenters. The Morgan fingerprint density at radius 1 is 1.42 bits per heavy atom. The van der Waals surface area contributed by atoms with Crippen LogP contribution in [0.25, 0.3) is 0 Å². The summed E-state index contributed by atoms with van der Waals surface area (Å²) in [6, 6.07) is 4.17. The van der Waals surface area contributed by atoms with Crippen molar-refractivity contribution in [3.05, 3.63) is 28.8 Å². The Morgan fingerprint density at radius 2 is 2.16 bits per heavy atom. The predicted octanol–water partition coefficient (Wildman–Crippen LogP) is 1.18. The van der Waals surface area contributed by atoms with Gasteiger partial charge in [0.2, 0.25) is 0 Å². The van der Waals surface area contributed by atoms with E-state index in [9.17, 15) is 9.59 Å². The summed E-state index contributed by atoms with van der Waals surface area (Å²) in [5.41, 5.74) is -0.0859. The van der Waals surface area contributed by atoms with Crippen molar-refractivity contribution < 1.29 is 24.2 Å². The van der Waals surface area contributed by atoms with Crippen LogP contribution in [0.3, 0.4) is 0 Å². The van der Waals surface area contributed by atoms with Crippen LogP contribution in [0.15, 0.2) is 18.2 Å². The molecule has 19 heavy (non-hydrogen) atoms. The van der Waals surface area contributed by atoms with E-state index in [4.69, 9.17) is 26.2 Å². The maximum absolute atomic E-state index is 11.4. The van der Waals surface area contributed by atoms with Crippen LogP contribution in [0.4, 0.5) is 0 Å². The normalized spacial score (nSPS) is 10.0. The number of hydrogen-bond acceptors (Lipinski definition) is 4. The molecule has 6 nitrogen and oxygen atoms in total. The molecule has 0 saturated heterocycles. The van der Waals surface area contributed by atoms with Crippen molar-refractivity contribution in [2.75, 3.05) is 26.9 Å². The first-order valence-corrected chi connectivity index (χ1v) is 5.83. The maximum atomic E-state index is 11.4. The minimum Gasteiger partial charge on any atom is -0.483 e. The van der Waals surface area contributed by atoms with Gasteiger partial charge in [0.05, 0.1) is 6.61 Å². The van der Waals surface area contributed by atoms with E-state index in [1.807, 2.05) is 0 Å². The van der Waals surface area contributed by atoms with Crippen LogP contribution in [-0.2, 0) is 9.53 Å². The van der Waals surface area contributed by atoms with E-state index in [0.29, 0.717) is 13.2 Å². The zero-order valence-corrected chi connectivity index (χ0v) is 11.1. The second-order valence-electron chi connectivity index (χ2n) is 3.58. The second-order valence-corrected chi connectivity index (χ2v) is 4.01. The van der Waals surface area contributed by atoms with Gasteiger partial charge in [-0.15, -0.1) is 0 Å². The molecule has 1 aromatic rings. The highest BCUT2D eigenvalue weighted by molar-refractivity contribution is 6.31. The highest BCUT2D eigenvalue weighted by Crippen LogP contribution is 2.22. The van der Waals surface area contributed by atoms with Crippen LogP contribution in [0.1, 0.15) is 10.4 Å². The van der Waals surface area contributed by atoms with E-state index in [1.54, 1.807) is 0 Å². The summed E-state index contributed by atoms with van der Waals surface area (Å²) in [5.74, 6) is -1.43. The van der Waals surface area contributed by atoms with Crippen LogP contribution in [-0.4, -0.2) is 43.9 Å². The number of benzene rings is 1. The lowest BCUT2D eigenvalue weighted by Gasteiger charge is -2.09. The Kier molecular flexibility index (Phi) is 6.11. The van der Waals surface area contributed by atoms with E-state index in [-0.39, 0.29) is 28.8 Å². The molecule has 7 heteroatoms. The summed E-state index contributed by atoms with van der Waals surface area (Å²) in [6.07, 6.45) is 0. The number of halogens is 1. The minimum atomic E-state index is -1.17. The molecule has 2 N–H and O–H groups in total. The highest BCUT2D eigenvalue weighted by atomic mass is 35.5. The minimum absolute atomic E-state index is 0.0859. The SMILES string of the molecule is COCCNC(=O)COc1ccc(Cl)cc1C(=O)O. The molecule has 0 aliphatic carbocycles. The molecule has 0 fully saturated rings. The number of methoxy groups -OCH3 is 1. The van der Waals surface area contributed by atoms with Gasteiger partial charge in [0.25, 0.3) is 5.91 Å². The van der Waals surface area contributed by atoms with Gasteiger partial charge in [0, 0.05) is 18.7 Å². The topological polar surface area (TPSA) is 84.9 Å². The molecule has 1 aromatic carbocycles. The van der Waals surface area contributed by atoms with Gasteiger partial charge in [-0.1, -0.05) is 11.6 Å². The molecule has 0 heterocycles. The van der Waals surface area contributed by atoms with Gasteiger partial charge in [0.15, 0.2) is 6.61 Å². The standard InChI is InChI=1S/C12H14ClNO5/c1-18-5-4-14-11(15)7-19-10-3-2-8(13)6-9(10)12(16)17/h2-3,6H,4-5,7H2,1H3,(H,14,15)(H,16,17). The Morgan fingerprint density at radius 3 is 2.79 bits per heavy atom. The number of carboxylic acid groups (broad SMARTS) is 1. The van der Waals surface area contributed by atoms with Gasteiger partial charge in [-0.2, -0.15) is 0 Å². The van der Waals surface area contributed by atoms with Crippen molar-refractivity contribution in [1.29, 1.82) is 0 Å². The van der Waals surface area contributed by atoms with Gasteiger partial charge in [-0.05, 0) is 18.2 Å². The first-order valence-electron chi connectivity index (χ1n) is 5.46. The van der Waals surface area contributed by atoms with Crippen molar-refractivity contribution in [3.8, 4) is 5.75 Å². The lowest BCUT2D eigenvalue weighted by atomic mass is 10.2. The summed E-state index contributed by atoms with van der Waals surface area (Å²) in [4.78, 5) is 22.3. The third kappa shape index (κ3) is 5.15. The fourth-order valence-corrected chi connectivity index (χ4v) is 1.45. The monoisotopic (exact) mass is 287 g/mol. The van der Waals surface area contributed by atoms with E-state index in [2.05, 4.69) is 5.32 Å². The summed E-state index contributed by atoms with van der Waals surface area (Å²) in [6.45, 7) is 0.490. The molecule has 0 bridgehead atoms. The Labute approximate surface area is 115 Å². The molecule has 0 aromatic heterocycles. The van der Waals surface area contributed by atoms with Gasteiger partial charge in [0.1, 0.15) is 11.3 Å².